The number of rotatable bonds is 2. The quantitative estimate of drug-likeness (QED) is 0.629. The molecule has 112 valence electrons. The van der Waals surface area contributed by atoms with Crippen LogP contribution >= 0.6 is 0 Å². The molecule has 2 aromatic carbocycles. The van der Waals surface area contributed by atoms with Crippen molar-refractivity contribution in [1.82, 2.24) is 0 Å². The Bertz CT molecular complexity index is 909. The molecule has 0 spiro atoms. The van der Waals surface area contributed by atoms with Crippen LogP contribution in [0.2, 0.25) is 0 Å². The van der Waals surface area contributed by atoms with Crippen molar-refractivity contribution in [2.75, 3.05) is 7.11 Å². The summed E-state index contributed by atoms with van der Waals surface area (Å²) in [5.74, 6) is -0.847. The Balaban J connectivity index is 2.27. The Morgan fingerprint density at radius 3 is 2.27 bits per heavy atom. The van der Waals surface area contributed by atoms with Gasteiger partial charge in [-0.2, -0.15) is 0 Å². The molecule has 0 bridgehead atoms. The summed E-state index contributed by atoms with van der Waals surface area (Å²) in [7, 11) is 1.53. The molecule has 3 N–H and O–H groups in total. The Hall–Kier alpha value is -3.15. The Labute approximate surface area is 124 Å². The number of methoxy groups -OCH3 is 1. The largest absolute Gasteiger partial charge is 0.504 e. The number of phenolic OH excluding ortho intramolecular Hbond substituents is 2. The number of fused-ring (bicyclic) bond motifs is 1. The molecule has 0 fully saturated rings. The third-order valence-electron chi connectivity index (χ3n) is 3.32. The fourth-order valence-corrected chi connectivity index (χ4v) is 2.15. The maximum atomic E-state index is 12.2. The van der Waals surface area contributed by atoms with Crippen LogP contribution < -0.4 is 10.2 Å². The van der Waals surface area contributed by atoms with E-state index in [2.05, 4.69) is 0 Å². The second kappa shape index (κ2) is 5.00. The summed E-state index contributed by atoms with van der Waals surface area (Å²) in [6.07, 6.45) is 0. The smallest absolute Gasteiger partial charge is 0.235 e. The molecule has 6 nitrogen and oxygen atoms in total. The van der Waals surface area contributed by atoms with E-state index in [0.29, 0.717) is 11.3 Å². The third-order valence-corrected chi connectivity index (χ3v) is 3.32. The summed E-state index contributed by atoms with van der Waals surface area (Å²) in [6, 6.07) is 8.75. The van der Waals surface area contributed by atoms with E-state index in [-0.39, 0.29) is 16.7 Å². The van der Waals surface area contributed by atoms with Crippen molar-refractivity contribution in [3.63, 3.8) is 0 Å². The minimum Gasteiger partial charge on any atom is -0.504 e. The van der Waals surface area contributed by atoms with Crippen LogP contribution in [0.1, 0.15) is 0 Å². The molecule has 6 heteroatoms. The molecule has 0 aliphatic carbocycles. The lowest BCUT2D eigenvalue weighted by Crippen LogP contribution is -2.02. The zero-order chi connectivity index (χ0) is 15.9. The van der Waals surface area contributed by atoms with Crippen LogP contribution in [0.15, 0.2) is 45.6 Å². The number of ether oxygens (including phenoxy) is 1. The zero-order valence-corrected chi connectivity index (χ0v) is 11.5. The molecule has 22 heavy (non-hydrogen) atoms. The molecule has 0 aliphatic rings. The fraction of sp³-hybridized carbons (Fsp3) is 0.0625. The van der Waals surface area contributed by atoms with Crippen LogP contribution in [0.5, 0.6) is 23.0 Å². The second-order valence-electron chi connectivity index (χ2n) is 4.67. The summed E-state index contributed by atoms with van der Waals surface area (Å²) >= 11 is 0. The standard InChI is InChI=1S/C16H12O6/c1-21-9-4-2-8(3-5-9)16-15(20)14(19)10-6-11(17)12(18)7-13(10)22-16/h2-7,17-18,20H,1H3. The van der Waals surface area contributed by atoms with Crippen molar-refractivity contribution in [3.05, 3.63) is 46.6 Å². The summed E-state index contributed by atoms with van der Waals surface area (Å²) in [5, 5.41) is 29.0. The third kappa shape index (κ3) is 2.10. The van der Waals surface area contributed by atoms with E-state index < -0.39 is 22.7 Å². The first kappa shape index (κ1) is 13.8. The van der Waals surface area contributed by atoms with E-state index in [1.165, 1.54) is 7.11 Å². The molecule has 1 aromatic heterocycles. The molecule has 3 aromatic rings. The topological polar surface area (TPSA) is 100 Å². The van der Waals surface area contributed by atoms with Gasteiger partial charge in [-0.3, -0.25) is 4.79 Å². The number of benzene rings is 2. The lowest BCUT2D eigenvalue weighted by atomic mass is 10.1. The number of aromatic hydroxyl groups is 3. The number of phenols is 2. The van der Waals surface area contributed by atoms with Crippen LogP contribution in [0, 0.1) is 0 Å². The molecule has 3 rings (SSSR count). The highest BCUT2D eigenvalue weighted by Crippen LogP contribution is 2.35. The minimum absolute atomic E-state index is 0.0229. The maximum Gasteiger partial charge on any atom is 0.235 e. The Morgan fingerprint density at radius 2 is 1.64 bits per heavy atom. The highest BCUT2D eigenvalue weighted by molar-refractivity contribution is 5.84. The molecule has 0 amide bonds. The van der Waals surface area contributed by atoms with Gasteiger partial charge in [0.25, 0.3) is 0 Å². The first-order valence-electron chi connectivity index (χ1n) is 6.37. The van der Waals surface area contributed by atoms with Crippen LogP contribution in [0.4, 0.5) is 0 Å². The Morgan fingerprint density at radius 1 is 1.00 bits per heavy atom. The first-order valence-corrected chi connectivity index (χ1v) is 6.37. The van der Waals surface area contributed by atoms with E-state index in [1.54, 1.807) is 24.3 Å². The average Bonchev–Trinajstić information content (AvgIpc) is 2.53. The molecule has 0 saturated heterocycles. The molecule has 0 atom stereocenters. The van der Waals surface area contributed by atoms with Crippen LogP contribution in [-0.2, 0) is 0 Å². The molecule has 0 unspecified atom stereocenters. The van der Waals surface area contributed by atoms with Crippen LogP contribution in [0.3, 0.4) is 0 Å². The van der Waals surface area contributed by atoms with Gasteiger partial charge < -0.3 is 24.5 Å². The highest BCUT2D eigenvalue weighted by Gasteiger charge is 2.17. The Kier molecular flexibility index (Phi) is 3.14. The van der Waals surface area contributed by atoms with E-state index in [9.17, 15) is 20.1 Å². The van der Waals surface area contributed by atoms with Gasteiger partial charge in [-0.05, 0) is 30.3 Å². The second-order valence-corrected chi connectivity index (χ2v) is 4.67. The van der Waals surface area contributed by atoms with Crippen molar-refractivity contribution in [2.24, 2.45) is 0 Å². The van der Waals surface area contributed by atoms with E-state index in [0.717, 1.165) is 12.1 Å². The lowest BCUT2D eigenvalue weighted by Gasteiger charge is -2.07. The molecular weight excluding hydrogens is 288 g/mol. The fourth-order valence-electron chi connectivity index (χ4n) is 2.15. The van der Waals surface area contributed by atoms with Gasteiger partial charge in [0.2, 0.25) is 11.2 Å². The van der Waals surface area contributed by atoms with Crippen molar-refractivity contribution in [2.45, 2.75) is 0 Å². The van der Waals surface area contributed by atoms with Gasteiger partial charge in [0.1, 0.15) is 11.3 Å². The van der Waals surface area contributed by atoms with Gasteiger partial charge in [0.05, 0.1) is 12.5 Å². The summed E-state index contributed by atoms with van der Waals surface area (Å²) < 4.78 is 10.5. The maximum absolute atomic E-state index is 12.2. The van der Waals surface area contributed by atoms with Crippen molar-refractivity contribution in [3.8, 4) is 34.3 Å². The van der Waals surface area contributed by atoms with E-state index in [1.807, 2.05) is 0 Å². The molecule has 1 heterocycles. The monoisotopic (exact) mass is 300 g/mol. The predicted molar refractivity (Wildman–Crippen MR) is 79.5 cm³/mol. The van der Waals surface area contributed by atoms with Crippen LogP contribution in [-0.4, -0.2) is 22.4 Å². The molecule has 0 aliphatic heterocycles. The van der Waals surface area contributed by atoms with Crippen molar-refractivity contribution >= 4 is 11.0 Å². The van der Waals surface area contributed by atoms with Gasteiger partial charge in [0.15, 0.2) is 17.3 Å². The minimum atomic E-state index is -0.692. The van der Waals surface area contributed by atoms with Crippen LogP contribution in [0.25, 0.3) is 22.3 Å². The molecule has 0 saturated carbocycles. The van der Waals surface area contributed by atoms with Gasteiger partial charge >= 0.3 is 0 Å². The van der Waals surface area contributed by atoms with E-state index in [4.69, 9.17) is 9.15 Å². The van der Waals surface area contributed by atoms with Gasteiger partial charge in [0, 0.05) is 11.6 Å². The summed E-state index contributed by atoms with van der Waals surface area (Å²) in [6.45, 7) is 0. The summed E-state index contributed by atoms with van der Waals surface area (Å²) in [4.78, 5) is 12.2. The number of hydrogen-bond donors (Lipinski definition) is 3. The molecular formula is C16H12O6. The SMILES string of the molecule is COc1ccc(-c2oc3cc(O)c(O)cc3c(=O)c2O)cc1. The van der Waals surface area contributed by atoms with Crippen molar-refractivity contribution in [1.29, 1.82) is 0 Å². The highest BCUT2D eigenvalue weighted by atomic mass is 16.5. The van der Waals surface area contributed by atoms with Crippen molar-refractivity contribution < 1.29 is 24.5 Å². The first-order chi connectivity index (χ1) is 10.5. The predicted octanol–water partition coefficient (Wildman–Crippen LogP) is 2.59. The lowest BCUT2D eigenvalue weighted by molar-refractivity contribution is 0.403. The average molecular weight is 300 g/mol. The normalized spacial score (nSPS) is 10.8. The molecule has 0 radical (unpaired) electrons. The van der Waals surface area contributed by atoms with E-state index >= 15 is 0 Å². The van der Waals surface area contributed by atoms with Gasteiger partial charge in [-0.1, -0.05) is 0 Å². The van der Waals surface area contributed by atoms with Gasteiger partial charge in [-0.25, -0.2) is 0 Å². The van der Waals surface area contributed by atoms with Gasteiger partial charge in [-0.15, -0.1) is 0 Å². The zero-order valence-electron chi connectivity index (χ0n) is 11.5. The number of hydrogen-bond acceptors (Lipinski definition) is 6. The summed E-state index contributed by atoms with van der Waals surface area (Å²) in [5.41, 5.74) is -0.156.